The quantitative estimate of drug-likeness (QED) is 0.423. The van der Waals surface area contributed by atoms with Crippen molar-refractivity contribution in [2.45, 2.75) is 19.8 Å². The molecule has 0 bridgehead atoms. The van der Waals surface area contributed by atoms with Gasteiger partial charge >= 0.3 is 0 Å². The first-order chi connectivity index (χ1) is 16.6. The molecule has 3 heterocycles. The van der Waals surface area contributed by atoms with Gasteiger partial charge in [-0.05, 0) is 30.2 Å². The normalized spacial score (nSPS) is 15.1. The SMILES string of the molecule is CC1=C(c2ccc3c(c2)CC(=O)CO3)C(=O)n2nc(-c3ccccc3)c(-c3ccccc3)c2C1. The topological polar surface area (TPSA) is 61.2 Å². The van der Waals surface area contributed by atoms with E-state index in [9.17, 15) is 9.59 Å². The molecule has 1 aromatic heterocycles. The van der Waals surface area contributed by atoms with Crippen LogP contribution in [0.3, 0.4) is 0 Å². The Bertz CT molecular complexity index is 1480. The van der Waals surface area contributed by atoms with Crippen LogP contribution in [0.1, 0.15) is 28.5 Å². The Balaban J connectivity index is 1.50. The third kappa shape index (κ3) is 3.28. The molecule has 0 fully saturated rings. The van der Waals surface area contributed by atoms with Crippen LogP contribution < -0.4 is 4.74 Å². The second-order valence-electron chi connectivity index (χ2n) is 8.78. The lowest BCUT2D eigenvalue weighted by molar-refractivity contribution is -0.121. The van der Waals surface area contributed by atoms with E-state index in [4.69, 9.17) is 9.84 Å². The van der Waals surface area contributed by atoms with Crippen molar-refractivity contribution in [1.82, 2.24) is 9.78 Å². The average Bonchev–Trinajstić information content (AvgIpc) is 3.24. The number of benzene rings is 3. The summed E-state index contributed by atoms with van der Waals surface area (Å²) in [5, 5.41) is 4.84. The number of carbonyl (C=O) groups is 2. The highest BCUT2D eigenvalue weighted by Gasteiger charge is 2.32. The van der Waals surface area contributed by atoms with Crippen LogP contribution in [0.5, 0.6) is 5.75 Å². The minimum atomic E-state index is -0.152. The zero-order valence-electron chi connectivity index (χ0n) is 18.7. The Morgan fingerprint density at radius 1 is 0.824 bits per heavy atom. The van der Waals surface area contributed by atoms with Gasteiger partial charge in [0, 0.05) is 35.1 Å². The van der Waals surface area contributed by atoms with Crippen LogP contribution in [0.4, 0.5) is 0 Å². The molecule has 4 aromatic rings. The molecule has 0 aliphatic carbocycles. The van der Waals surface area contributed by atoms with Crippen LogP contribution in [-0.4, -0.2) is 28.1 Å². The van der Waals surface area contributed by atoms with E-state index in [-0.39, 0.29) is 18.3 Å². The van der Waals surface area contributed by atoms with Crippen molar-refractivity contribution < 1.29 is 14.3 Å². The number of ether oxygens (including phenoxy) is 1. The molecule has 6 rings (SSSR count). The van der Waals surface area contributed by atoms with Gasteiger partial charge in [0.05, 0.1) is 5.69 Å². The van der Waals surface area contributed by atoms with Gasteiger partial charge in [-0.3, -0.25) is 9.59 Å². The van der Waals surface area contributed by atoms with Crippen LogP contribution in [0.25, 0.3) is 28.0 Å². The number of ketones is 1. The molecule has 2 aliphatic heterocycles. The summed E-state index contributed by atoms with van der Waals surface area (Å²) in [6, 6.07) is 25.8. The summed E-state index contributed by atoms with van der Waals surface area (Å²) in [5.41, 5.74) is 7.93. The minimum absolute atomic E-state index is 0.0414. The first-order valence-electron chi connectivity index (χ1n) is 11.3. The number of hydrogen-bond acceptors (Lipinski definition) is 4. The number of nitrogens with zero attached hydrogens (tertiary/aromatic N) is 2. The summed E-state index contributed by atoms with van der Waals surface area (Å²) in [4.78, 5) is 25.7. The van der Waals surface area contributed by atoms with Crippen LogP contribution in [0, 0.1) is 0 Å². The maximum atomic E-state index is 13.8. The van der Waals surface area contributed by atoms with Crippen LogP contribution in [0.15, 0.2) is 84.4 Å². The molecule has 0 saturated carbocycles. The number of rotatable bonds is 3. The standard InChI is InChI=1S/C29H22N2O3/c1-18-14-24-27(19-8-4-2-5-9-19)28(20-10-6-3-7-11-20)30-31(24)29(33)26(18)21-12-13-25-22(15-21)16-23(32)17-34-25/h2-13,15H,14,16-17H2,1H3. The van der Waals surface area contributed by atoms with Gasteiger partial charge < -0.3 is 4.74 Å². The van der Waals surface area contributed by atoms with E-state index in [1.54, 1.807) is 4.68 Å². The molecule has 34 heavy (non-hydrogen) atoms. The van der Waals surface area contributed by atoms with Gasteiger partial charge in [0.25, 0.3) is 5.91 Å². The van der Waals surface area contributed by atoms with E-state index < -0.39 is 0 Å². The Hall–Kier alpha value is -4.25. The van der Waals surface area contributed by atoms with E-state index in [1.807, 2.05) is 73.7 Å². The maximum absolute atomic E-state index is 13.8. The smallest absolute Gasteiger partial charge is 0.279 e. The summed E-state index contributed by atoms with van der Waals surface area (Å²) in [6.07, 6.45) is 0.935. The second kappa shape index (κ2) is 7.96. The fraction of sp³-hybridized carbons (Fsp3) is 0.138. The highest BCUT2D eigenvalue weighted by molar-refractivity contribution is 6.23. The van der Waals surface area contributed by atoms with Gasteiger partial charge in [-0.2, -0.15) is 9.78 Å². The van der Waals surface area contributed by atoms with Gasteiger partial charge in [0.1, 0.15) is 18.1 Å². The van der Waals surface area contributed by atoms with Gasteiger partial charge in [0.2, 0.25) is 0 Å². The summed E-state index contributed by atoms with van der Waals surface area (Å²) in [5.74, 6) is 0.600. The van der Waals surface area contributed by atoms with E-state index in [1.165, 1.54) is 0 Å². The summed E-state index contributed by atoms with van der Waals surface area (Å²) < 4.78 is 7.10. The molecule has 0 radical (unpaired) electrons. The lowest BCUT2D eigenvalue weighted by atomic mass is 9.89. The molecule has 0 amide bonds. The van der Waals surface area contributed by atoms with Crippen LogP contribution in [-0.2, 0) is 17.6 Å². The zero-order chi connectivity index (χ0) is 23.2. The van der Waals surface area contributed by atoms with Gasteiger partial charge in [-0.15, -0.1) is 0 Å². The molecule has 0 atom stereocenters. The highest BCUT2D eigenvalue weighted by Crippen LogP contribution is 2.40. The van der Waals surface area contributed by atoms with Crippen LogP contribution >= 0.6 is 0 Å². The van der Waals surface area contributed by atoms with Gasteiger partial charge in [-0.25, -0.2) is 0 Å². The molecule has 0 N–H and O–H groups in total. The molecule has 5 nitrogen and oxygen atoms in total. The number of carbonyl (C=O) groups excluding carboxylic acids is 2. The van der Waals surface area contributed by atoms with Crippen molar-refractivity contribution in [3.05, 3.63) is 101 Å². The highest BCUT2D eigenvalue weighted by atomic mass is 16.5. The average molecular weight is 447 g/mol. The van der Waals surface area contributed by atoms with Crippen molar-refractivity contribution >= 4 is 17.3 Å². The van der Waals surface area contributed by atoms with Crippen molar-refractivity contribution in [1.29, 1.82) is 0 Å². The predicted molar refractivity (Wildman–Crippen MR) is 131 cm³/mol. The number of allylic oxidation sites excluding steroid dienone is 2. The Morgan fingerprint density at radius 3 is 2.26 bits per heavy atom. The molecule has 166 valence electrons. The fourth-order valence-electron chi connectivity index (χ4n) is 4.92. The Kier molecular flexibility index (Phi) is 4.77. The van der Waals surface area contributed by atoms with Crippen molar-refractivity contribution in [3.63, 3.8) is 0 Å². The first kappa shape index (κ1) is 20.4. The maximum Gasteiger partial charge on any atom is 0.279 e. The predicted octanol–water partition coefficient (Wildman–Crippen LogP) is 5.39. The number of aromatic nitrogens is 2. The number of Topliss-reactive ketones (excluding diaryl/α,β-unsaturated/α-hetero) is 1. The number of hydrogen-bond donors (Lipinski definition) is 0. The lowest BCUT2D eigenvalue weighted by Crippen LogP contribution is -2.24. The summed E-state index contributed by atoms with van der Waals surface area (Å²) >= 11 is 0. The third-order valence-corrected chi connectivity index (χ3v) is 6.48. The molecular formula is C29H22N2O3. The molecule has 0 unspecified atom stereocenters. The van der Waals surface area contributed by atoms with Crippen molar-refractivity contribution in [2.24, 2.45) is 0 Å². The molecule has 0 spiro atoms. The molecular weight excluding hydrogens is 424 g/mol. The lowest BCUT2D eigenvalue weighted by Gasteiger charge is -2.22. The first-order valence-corrected chi connectivity index (χ1v) is 11.3. The molecule has 0 saturated heterocycles. The third-order valence-electron chi connectivity index (χ3n) is 6.48. The monoisotopic (exact) mass is 446 g/mol. The van der Waals surface area contributed by atoms with E-state index in [2.05, 4.69) is 12.1 Å². The Labute approximate surface area is 197 Å². The second-order valence-corrected chi connectivity index (χ2v) is 8.78. The summed E-state index contributed by atoms with van der Waals surface area (Å²) in [7, 11) is 0. The Morgan fingerprint density at radius 2 is 1.53 bits per heavy atom. The zero-order valence-corrected chi connectivity index (χ0v) is 18.7. The molecule has 2 aliphatic rings. The van der Waals surface area contributed by atoms with E-state index in [0.29, 0.717) is 24.2 Å². The van der Waals surface area contributed by atoms with Crippen molar-refractivity contribution in [3.8, 4) is 28.1 Å². The fourth-order valence-corrected chi connectivity index (χ4v) is 4.92. The van der Waals surface area contributed by atoms with Crippen molar-refractivity contribution in [2.75, 3.05) is 6.61 Å². The van der Waals surface area contributed by atoms with Crippen LogP contribution in [0.2, 0.25) is 0 Å². The molecule has 3 aromatic carbocycles. The largest absolute Gasteiger partial charge is 0.486 e. The van der Waals surface area contributed by atoms with E-state index >= 15 is 0 Å². The van der Waals surface area contributed by atoms with Gasteiger partial charge in [0.15, 0.2) is 5.78 Å². The minimum Gasteiger partial charge on any atom is -0.486 e. The number of fused-ring (bicyclic) bond motifs is 2. The van der Waals surface area contributed by atoms with E-state index in [0.717, 1.165) is 44.8 Å². The summed E-state index contributed by atoms with van der Waals surface area (Å²) in [6.45, 7) is 2.11. The molecule has 5 heteroatoms. The van der Waals surface area contributed by atoms with Gasteiger partial charge in [-0.1, -0.05) is 72.3 Å².